The zero-order valence-corrected chi connectivity index (χ0v) is 13.1. The molecule has 0 N–H and O–H groups in total. The van der Waals surface area contributed by atoms with Crippen molar-refractivity contribution in [1.29, 1.82) is 0 Å². The summed E-state index contributed by atoms with van der Waals surface area (Å²) in [6, 6.07) is 8.58. The van der Waals surface area contributed by atoms with Gasteiger partial charge in [-0.05, 0) is 35.4 Å². The first-order valence-electron chi connectivity index (χ1n) is 8.30. The minimum absolute atomic E-state index is 0.323. The van der Waals surface area contributed by atoms with Gasteiger partial charge in [0.15, 0.2) is 35.3 Å². The van der Waals surface area contributed by atoms with Gasteiger partial charge in [-0.1, -0.05) is 0 Å². The van der Waals surface area contributed by atoms with Crippen molar-refractivity contribution in [3.63, 3.8) is 0 Å². The lowest BCUT2D eigenvalue weighted by Crippen LogP contribution is -2.34. The van der Waals surface area contributed by atoms with E-state index in [0.717, 1.165) is 48.9 Å². The Morgan fingerprint density at radius 1 is 0.708 bits per heavy atom. The topological polar surface area (TPSA) is 39.9 Å². The van der Waals surface area contributed by atoms with Crippen LogP contribution in [0.15, 0.2) is 24.3 Å². The summed E-state index contributed by atoms with van der Waals surface area (Å²) in [7, 11) is 0. The smallest absolute Gasteiger partial charge is 0.231 e. The molecule has 24 heavy (non-hydrogen) atoms. The number of ether oxygens (including phenoxy) is 4. The van der Waals surface area contributed by atoms with E-state index in [4.69, 9.17) is 18.9 Å². The zero-order chi connectivity index (χ0) is 15.7. The largest absolute Gasteiger partial charge is 0.454 e. The Balaban J connectivity index is 1.47. The van der Waals surface area contributed by atoms with E-state index in [1.807, 2.05) is 0 Å². The van der Waals surface area contributed by atoms with Crippen molar-refractivity contribution in [2.24, 2.45) is 0 Å². The minimum Gasteiger partial charge on any atom is -0.454 e. The van der Waals surface area contributed by atoms with E-state index in [1.54, 1.807) is 0 Å². The van der Waals surface area contributed by atoms with Crippen LogP contribution in [-0.2, 0) is 19.4 Å². The number of nitrogens with zero attached hydrogens (tertiary/aromatic N) is 1. The van der Waals surface area contributed by atoms with Gasteiger partial charge in [0, 0.05) is 17.5 Å². The van der Waals surface area contributed by atoms with Crippen molar-refractivity contribution < 1.29 is 23.5 Å². The maximum atomic E-state index is 5.58. The van der Waals surface area contributed by atoms with Gasteiger partial charge in [0.2, 0.25) is 13.6 Å². The molecule has 2 aromatic carbocycles. The van der Waals surface area contributed by atoms with Gasteiger partial charge in [-0.2, -0.15) is 0 Å². The van der Waals surface area contributed by atoms with E-state index < -0.39 is 0 Å². The maximum Gasteiger partial charge on any atom is 0.231 e. The lowest BCUT2D eigenvalue weighted by atomic mass is 9.88. The molecule has 4 aliphatic heterocycles. The molecule has 0 saturated carbocycles. The van der Waals surface area contributed by atoms with Crippen LogP contribution in [-0.4, -0.2) is 30.4 Å². The summed E-state index contributed by atoms with van der Waals surface area (Å²) in [5, 5.41) is 0. The summed E-state index contributed by atoms with van der Waals surface area (Å²) in [4.78, 5) is 0. The van der Waals surface area contributed by atoms with Gasteiger partial charge in [-0.15, -0.1) is 0 Å². The average Bonchev–Trinajstić information content (AvgIpc) is 3.24. The fourth-order valence-corrected chi connectivity index (χ4v) is 4.13. The Morgan fingerprint density at radius 2 is 1.33 bits per heavy atom. The molecular weight excluding hydrogens is 306 g/mol. The van der Waals surface area contributed by atoms with Crippen LogP contribution >= 0.6 is 0 Å². The van der Waals surface area contributed by atoms with Crippen molar-refractivity contribution >= 4 is 5.71 Å². The predicted molar refractivity (Wildman–Crippen MR) is 85.5 cm³/mol. The van der Waals surface area contributed by atoms with Crippen molar-refractivity contribution in [2.45, 2.75) is 19.4 Å². The van der Waals surface area contributed by atoms with Crippen LogP contribution < -0.4 is 18.9 Å². The van der Waals surface area contributed by atoms with E-state index >= 15 is 0 Å². The summed E-state index contributed by atoms with van der Waals surface area (Å²) in [6.07, 6.45) is 1.95. The van der Waals surface area contributed by atoms with Crippen LogP contribution in [0, 0.1) is 0 Å². The van der Waals surface area contributed by atoms with E-state index in [0.29, 0.717) is 13.6 Å². The van der Waals surface area contributed by atoms with Crippen molar-refractivity contribution in [1.82, 2.24) is 0 Å². The molecule has 0 radical (unpaired) electrons. The van der Waals surface area contributed by atoms with Gasteiger partial charge < -0.3 is 18.9 Å². The van der Waals surface area contributed by atoms with Gasteiger partial charge in [0.05, 0.1) is 6.42 Å². The SMILES string of the molecule is c1c2c(cc3c1OCO3)C[N+]1=C(C2)c2cc3c(cc2CC1)OCO3. The second-order valence-electron chi connectivity index (χ2n) is 6.63. The second kappa shape index (κ2) is 4.44. The fraction of sp³-hybridized carbons (Fsp3) is 0.316. The molecule has 2 aromatic rings. The molecule has 4 heterocycles. The highest BCUT2D eigenvalue weighted by Crippen LogP contribution is 2.40. The third-order valence-corrected chi connectivity index (χ3v) is 5.36. The summed E-state index contributed by atoms with van der Waals surface area (Å²) < 4.78 is 24.7. The molecule has 0 aliphatic carbocycles. The van der Waals surface area contributed by atoms with Crippen molar-refractivity contribution in [3.05, 3.63) is 46.5 Å². The molecule has 0 fully saturated rings. The van der Waals surface area contributed by atoms with Gasteiger partial charge >= 0.3 is 0 Å². The van der Waals surface area contributed by atoms with Crippen LogP contribution in [0.4, 0.5) is 0 Å². The molecule has 0 spiro atoms. The monoisotopic (exact) mass is 322 g/mol. The van der Waals surface area contributed by atoms with E-state index in [9.17, 15) is 0 Å². The first-order valence-corrected chi connectivity index (χ1v) is 8.30. The standard InChI is InChI=1S/C19H16NO4/c1-2-20-8-13-6-18-17(22-9-23-18)5-12(13)3-15(20)14-7-19-16(4-11(1)14)21-10-24-19/h4-7H,1-3,8-10H2/q+1. The van der Waals surface area contributed by atoms with Crippen LogP contribution in [0.1, 0.15) is 22.3 Å². The van der Waals surface area contributed by atoms with Crippen LogP contribution in [0.3, 0.4) is 0 Å². The summed E-state index contributed by atoms with van der Waals surface area (Å²) in [5.41, 5.74) is 6.70. The highest BCUT2D eigenvalue weighted by atomic mass is 16.7. The van der Waals surface area contributed by atoms with Crippen LogP contribution in [0.25, 0.3) is 0 Å². The molecule has 5 nitrogen and oxygen atoms in total. The van der Waals surface area contributed by atoms with E-state index in [1.165, 1.54) is 28.0 Å². The molecule has 120 valence electrons. The molecule has 5 heteroatoms. The number of hydrogen-bond donors (Lipinski definition) is 0. The number of benzene rings is 2. The first-order chi connectivity index (χ1) is 11.8. The third-order valence-electron chi connectivity index (χ3n) is 5.36. The normalized spacial score (nSPS) is 19.0. The minimum atomic E-state index is 0.323. The molecule has 0 unspecified atom stereocenters. The number of hydrogen-bond acceptors (Lipinski definition) is 4. The van der Waals surface area contributed by atoms with Crippen molar-refractivity contribution in [3.8, 4) is 23.0 Å². The Hall–Kier alpha value is -2.69. The summed E-state index contributed by atoms with van der Waals surface area (Å²) >= 11 is 0. The quantitative estimate of drug-likeness (QED) is 0.698. The van der Waals surface area contributed by atoms with Crippen LogP contribution in [0.5, 0.6) is 23.0 Å². The van der Waals surface area contributed by atoms with Gasteiger partial charge in [0.1, 0.15) is 6.54 Å². The van der Waals surface area contributed by atoms with Crippen LogP contribution in [0.2, 0.25) is 0 Å². The van der Waals surface area contributed by atoms with Gasteiger partial charge in [0.25, 0.3) is 0 Å². The molecule has 0 bridgehead atoms. The Bertz CT molecular complexity index is 931. The summed E-state index contributed by atoms with van der Waals surface area (Å²) in [6.45, 7) is 2.61. The lowest BCUT2D eigenvalue weighted by molar-refractivity contribution is -0.547. The first kappa shape index (κ1) is 12.7. The zero-order valence-electron chi connectivity index (χ0n) is 13.1. The number of rotatable bonds is 0. The average molecular weight is 322 g/mol. The number of fused-ring (bicyclic) bond motifs is 5. The molecule has 0 saturated heterocycles. The maximum absolute atomic E-state index is 5.58. The molecule has 0 atom stereocenters. The van der Waals surface area contributed by atoms with Gasteiger partial charge in [-0.3, -0.25) is 0 Å². The Kier molecular flexibility index (Phi) is 2.35. The Morgan fingerprint density at radius 3 is 2.08 bits per heavy atom. The van der Waals surface area contributed by atoms with Crippen molar-refractivity contribution in [2.75, 3.05) is 20.1 Å². The molecule has 4 aliphatic rings. The summed E-state index contributed by atoms with van der Waals surface area (Å²) in [5.74, 6) is 3.48. The van der Waals surface area contributed by atoms with Gasteiger partial charge in [-0.25, -0.2) is 4.58 Å². The van der Waals surface area contributed by atoms with E-state index in [-0.39, 0.29) is 0 Å². The molecule has 0 aromatic heterocycles. The highest BCUT2D eigenvalue weighted by Gasteiger charge is 2.34. The fourth-order valence-electron chi connectivity index (χ4n) is 4.13. The Labute approximate surface area is 139 Å². The molecule has 6 rings (SSSR count). The molecular formula is C19H16NO4+. The third kappa shape index (κ3) is 1.67. The lowest BCUT2D eigenvalue weighted by Gasteiger charge is -2.24. The second-order valence-corrected chi connectivity index (χ2v) is 6.63. The van der Waals surface area contributed by atoms with E-state index in [2.05, 4.69) is 28.8 Å². The highest BCUT2D eigenvalue weighted by molar-refractivity contribution is 6.01. The predicted octanol–water partition coefficient (Wildman–Crippen LogP) is 2.26. The molecule has 0 amide bonds.